The number of anilines is 1. The van der Waals surface area contributed by atoms with Crippen molar-refractivity contribution in [3.05, 3.63) is 82.9 Å². The Labute approximate surface area is 211 Å². The molecule has 0 spiro atoms. The van der Waals surface area contributed by atoms with Crippen molar-refractivity contribution in [2.45, 2.75) is 25.0 Å². The van der Waals surface area contributed by atoms with Crippen molar-refractivity contribution in [1.82, 2.24) is 0 Å². The summed E-state index contributed by atoms with van der Waals surface area (Å²) in [5.41, 5.74) is 3.85. The first-order valence-corrected chi connectivity index (χ1v) is 12.0. The molecular formula is C28H24F3NO5. The van der Waals surface area contributed by atoms with Gasteiger partial charge in [0.2, 0.25) is 0 Å². The lowest BCUT2D eigenvalue weighted by Crippen LogP contribution is -2.30. The number of hydrogen-bond acceptors (Lipinski definition) is 6. The fourth-order valence-corrected chi connectivity index (χ4v) is 4.90. The summed E-state index contributed by atoms with van der Waals surface area (Å²) in [7, 11) is 0. The van der Waals surface area contributed by atoms with Crippen molar-refractivity contribution >= 4 is 16.8 Å². The Bertz CT molecular complexity index is 1350. The smallest absolute Gasteiger partial charge is 0.416 e. The summed E-state index contributed by atoms with van der Waals surface area (Å²) in [6.45, 7) is 1.90. The third-order valence-corrected chi connectivity index (χ3v) is 6.68. The molecule has 0 saturated carbocycles. The van der Waals surface area contributed by atoms with Gasteiger partial charge in [-0.1, -0.05) is 18.2 Å². The first-order valence-electron chi connectivity index (χ1n) is 12.0. The van der Waals surface area contributed by atoms with Gasteiger partial charge < -0.3 is 29.4 Å². The number of fused-ring (bicyclic) bond motifs is 4. The van der Waals surface area contributed by atoms with E-state index in [2.05, 4.69) is 5.32 Å². The number of nitrogens with one attached hydrogen (secondary N) is 1. The van der Waals surface area contributed by atoms with Gasteiger partial charge in [-0.05, 0) is 54.0 Å². The van der Waals surface area contributed by atoms with E-state index in [9.17, 15) is 18.3 Å². The lowest BCUT2D eigenvalue weighted by molar-refractivity contribution is -0.191. The van der Waals surface area contributed by atoms with E-state index >= 15 is 0 Å². The summed E-state index contributed by atoms with van der Waals surface area (Å²) < 4.78 is 63.5. The molecule has 6 rings (SSSR count). The zero-order valence-corrected chi connectivity index (χ0v) is 19.7. The molecule has 0 radical (unpaired) electrons. The second-order valence-corrected chi connectivity index (χ2v) is 9.09. The van der Waals surface area contributed by atoms with E-state index in [0.29, 0.717) is 31.1 Å². The van der Waals surface area contributed by atoms with Crippen LogP contribution in [0.3, 0.4) is 0 Å². The van der Waals surface area contributed by atoms with Gasteiger partial charge >= 0.3 is 6.18 Å². The van der Waals surface area contributed by atoms with E-state index in [-0.39, 0.29) is 18.1 Å². The Hall–Kier alpha value is -3.69. The van der Waals surface area contributed by atoms with E-state index < -0.39 is 24.1 Å². The average molecular weight is 511 g/mol. The summed E-state index contributed by atoms with van der Waals surface area (Å²) in [5.74, 6) is 0.905. The van der Waals surface area contributed by atoms with E-state index in [4.69, 9.17) is 18.9 Å². The molecule has 0 amide bonds. The quantitative estimate of drug-likeness (QED) is 0.446. The maximum atomic E-state index is 13.5. The SMILES string of the molecule is Oc1ccc2c(c1)NCC1=C2[C@@H](c2ccc(OCC3OCCCO3)cc2)Oc2cc(C(F)(F)F)ccc21. The minimum absolute atomic E-state index is 0.117. The Morgan fingerprint density at radius 3 is 2.46 bits per heavy atom. The number of ether oxygens (including phenoxy) is 4. The van der Waals surface area contributed by atoms with Crippen LogP contribution >= 0.6 is 0 Å². The molecule has 1 saturated heterocycles. The fraction of sp³-hybridized carbons (Fsp3) is 0.286. The van der Waals surface area contributed by atoms with Gasteiger partial charge in [0.25, 0.3) is 0 Å². The van der Waals surface area contributed by atoms with Crippen LogP contribution in [0.15, 0.2) is 60.7 Å². The highest BCUT2D eigenvalue weighted by molar-refractivity contribution is 6.02. The number of aromatic hydroxyl groups is 1. The predicted octanol–water partition coefficient (Wildman–Crippen LogP) is 6.02. The maximum absolute atomic E-state index is 13.5. The zero-order chi connectivity index (χ0) is 25.6. The summed E-state index contributed by atoms with van der Waals surface area (Å²) >= 11 is 0. The molecule has 37 heavy (non-hydrogen) atoms. The molecule has 3 aliphatic heterocycles. The number of halogens is 3. The largest absolute Gasteiger partial charge is 0.508 e. The molecule has 1 atom stereocenters. The summed E-state index contributed by atoms with van der Waals surface area (Å²) in [6, 6.07) is 15.9. The standard InChI is InChI=1S/C28H24F3NO5/c29-28(30,31)17-4-8-20-22-14-32-23-13-18(33)5-9-21(23)26(22)27(37-24(20)12-17)16-2-6-19(7-3-16)36-15-25-34-10-1-11-35-25/h2-9,12-13,25,27,32-33H,1,10-11,14-15H2/t27-/m1/s1. The Balaban J connectivity index is 1.36. The van der Waals surface area contributed by atoms with Gasteiger partial charge in [0, 0.05) is 35.0 Å². The second kappa shape index (κ2) is 9.32. The van der Waals surface area contributed by atoms with Gasteiger partial charge in [-0.25, -0.2) is 0 Å². The van der Waals surface area contributed by atoms with Crippen LogP contribution in [0.1, 0.15) is 34.8 Å². The molecule has 6 nitrogen and oxygen atoms in total. The van der Waals surface area contributed by atoms with Crippen molar-refractivity contribution in [2.24, 2.45) is 0 Å². The van der Waals surface area contributed by atoms with Gasteiger partial charge in [-0.3, -0.25) is 0 Å². The van der Waals surface area contributed by atoms with Crippen LogP contribution in [-0.2, 0) is 15.7 Å². The molecule has 3 heterocycles. The molecule has 3 aliphatic rings. The van der Waals surface area contributed by atoms with Crippen LogP contribution in [0.25, 0.3) is 11.1 Å². The zero-order valence-electron chi connectivity index (χ0n) is 19.7. The Morgan fingerprint density at radius 1 is 0.946 bits per heavy atom. The maximum Gasteiger partial charge on any atom is 0.416 e. The molecule has 0 bridgehead atoms. The first-order chi connectivity index (χ1) is 17.9. The van der Waals surface area contributed by atoms with E-state index in [1.54, 1.807) is 30.3 Å². The van der Waals surface area contributed by atoms with Crippen molar-refractivity contribution < 1.29 is 37.2 Å². The number of phenols is 1. The number of hydrogen-bond donors (Lipinski definition) is 2. The van der Waals surface area contributed by atoms with Crippen LogP contribution in [0.4, 0.5) is 18.9 Å². The van der Waals surface area contributed by atoms with Crippen LogP contribution in [0, 0.1) is 0 Å². The van der Waals surface area contributed by atoms with E-state index in [1.807, 2.05) is 12.1 Å². The molecule has 0 aliphatic carbocycles. The molecule has 192 valence electrons. The number of alkyl halides is 3. The molecule has 3 aromatic rings. The lowest BCUT2D eigenvalue weighted by Gasteiger charge is -2.36. The van der Waals surface area contributed by atoms with Crippen molar-refractivity contribution in [3.8, 4) is 17.2 Å². The number of phenolic OH excluding ortho intramolecular Hbond substituents is 1. The lowest BCUT2D eigenvalue weighted by atomic mass is 9.82. The second-order valence-electron chi connectivity index (χ2n) is 9.09. The number of rotatable bonds is 4. The number of benzene rings is 3. The van der Waals surface area contributed by atoms with Crippen molar-refractivity contribution in [1.29, 1.82) is 0 Å². The highest BCUT2D eigenvalue weighted by Gasteiger charge is 2.37. The summed E-state index contributed by atoms with van der Waals surface area (Å²) in [5, 5.41) is 13.3. The molecule has 3 aromatic carbocycles. The van der Waals surface area contributed by atoms with Gasteiger partial charge in [0.15, 0.2) is 6.29 Å². The van der Waals surface area contributed by atoms with E-state index in [1.165, 1.54) is 6.07 Å². The minimum Gasteiger partial charge on any atom is -0.508 e. The summed E-state index contributed by atoms with van der Waals surface area (Å²) in [6.07, 6.45) is -4.70. The highest BCUT2D eigenvalue weighted by atomic mass is 19.4. The third-order valence-electron chi connectivity index (χ3n) is 6.68. The molecule has 1 fully saturated rings. The topological polar surface area (TPSA) is 69.2 Å². The molecule has 0 aromatic heterocycles. The molecule has 0 unspecified atom stereocenters. The van der Waals surface area contributed by atoms with Gasteiger partial charge in [-0.2, -0.15) is 13.2 Å². The van der Waals surface area contributed by atoms with Crippen LogP contribution in [-0.4, -0.2) is 37.8 Å². The summed E-state index contributed by atoms with van der Waals surface area (Å²) in [4.78, 5) is 0. The normalized spacial score (nSPS) is 19.3. The Morgan fingerprint density at radius 2 is 1.70 bits per heavy atom. The predicted molar refractivity (Wildman–Crippen MR) is 130 cm³/mol. The Kier molecular flexibility index (Phi) is 5.97. The first kappa shape index (κ1) is 23.7. The van der Waals surface area contributed by atoms with Gasteiger partial charge in [0.1, 0.15) is 30.0 Å². The monoisotopic (exact) mass is 511 g/mol. The van der Waals surface area contributed by atoms with Crippen LogP contribution < -0.4 is 14.8 Å². The van der Waals surface area contributed by atoms with Gasteiger partial charge in [0.05, 0.1) is 18.8 Å². The third kappa shape index (κ3) is 4.60. The van der Waals surface area contributed by atoms with E-state index in [0.717, 1.165) is 46.5 Å². The van der Waals surface area contributed by atoms with Crippen LogP contribution in [0.2, 0.25) is 0 Å². The molecular weight excluding hydrogens is 487 g/mol. The average Bonchev–Trinajstić information content (AvgIpc) is 2.91. The fourth-order valence-electron chi connectivity index (χ4n) is 4.90. The van der Waals surface area contributed by atoms with Crippen molar-refractivity contribution in [2.75, 3.05) is 31.7 Å². The van der Waals surface area contributed by atoms with Crippen LogP contribution in [0.5, 0.6) is 17.2 Å². The van der Waals surface area contributed by atoms with Gasteiger partial charge in [-0.15, -0.1) is 0 Å². The highest BCUT2D eigenvalue weighted by Crippen LogP contribution is 2.51. The molecule has 9 heteroatoms. The minimum atomic E-state index is -4.48. The molecule has 2 N–H and O–H groups in total. The van der Waals surface area contributed by atoms with Crippen molar-refractivity contribution in [3.63, 3.8) is 0 Å².